The lowest BCUT2D eigenvalue weighted by atomic mass is 10.2. The molecule has 0 amide bonds. The Labute approximate surface area is 117 Å². The molecule has 1 N–H and O–H groups in total. The smallest absolute Gasteiger partial charge is 0.143 e. The largest absolute Gasteiger partial charge is 0.384 e. The number of hydrogen-bond acceptors (Lipinski definition) is 4. The molecule has 0 bridgehead atoms. The summed E-state index contributed by atoms with van der Waals surface area (Å²) in [7, 11) is 1.70. The lowest BCUT2D eigenvalue weighted by Crippen LogP contribution is -2.11. The van der Waals surface area contributed by atoms with Gasteiger partial charge in [0.15, 0.2) is 0 Å². The highest BCUT2D eigenvalue weighted by atomic mass is 127. The number of hydrogen-bond donors (Lipinski definition) is 1. The Hall–Kier alpha value is -0.430. The van der Waals surface area contributed by atoms with E-state index in [0.717, 1.165) is 46.7 Å². The number of aromatic nitrogens is 2. The lowest BCUT2D eigenvalue weighted by Gasteiger charge is -2.11. The zero-order chi connectivity index (χ0) is 12.7. The van der Waals surface area contributed by atoms with Gasteiger partial charge in [-0.1, -0.05) is 13.3 Å². The SMILES string of the molecule is CCCc1nc(CCOC)nc(NCC)c1I. The molecule has 4 nitrogen and oxygen atoms in total. The second kappa shape index (κ2) is 7.81. The van der Waals surface area contributed by atoms with Crippen molar-refractivity contribution in [3.05, 3.63) is 15.1 Å². The zero-order valence-corrected chi connectivity index (χ0v) is 12.9. The minimum Gasteiger partial charge on any atom is -0.384 e. The molecule has 1 aromatic heterocycles. The van der Waals surface area contributed by atoms with Gasteiger partial charge >= 0.3 is 0 Å². The number of anilines is 1. The van der Waals surface area contributed by atoms with Crippen molar-refractivity contribution >= 4 is 28.4 Å². The van der Waals surface area contributed by atoms with Gasteiger partial charge in [-0.3, -0.25) is 0 Å². The van der Waals surface area contributed by atoms with Gasteiger partial charge in [0, 0.05) is 20.1 Å². The Morgan fingerprint density at radius 2 is 2.00 bits per heavy atom. The fourth-order valence-corrected chi connectivity index (χ4v) is 2.24. The van der Waals surface area contributed by atoms with E-state index in [1.54, 1.807) is 7.11 Å². The van der Waals surface area contributed by atoms with Crippen molar-refractivity contribution < 1.29 is 4.74 Å². The summed E-state index contributed by atoms with van der Waals surface area (Å²) in [6.07, 6.45) is 2.87. The Morgan fingerprint density at radius 3 is 2.59 bits per heavy atom. The molecule has 0 radical (unpaired) electrons. The van der Waals surface area contributed by atoms with Gasteiger partial charge < -0.3 is 10.1 Å². The van der Waals surface area contributed by atoms with Crippen LogP contribution in [-0.2, 0) is 17.6 Å². The Bertz CT molecular complexity index is 331. The number of ether oxygens (including phenoxy) is 1. The van der Waals surface area contributed by atoms with Gasteiger partial charge in [-0.15, -0.1) is 0 Å². The first-order chi connectivity index (χ1) is 8.22. The van der Waals surface area contributed by atoms with Gasteiger partial charge in [0.25, 0.3) is 0 Å². The maximum absolute atomic E-state index is 5.07. The molecule has 5 heteroatoms. The molecule has 1 rings (SSSR count). The van der Waals surface area contributed by atoms with Crippen LogP contribution in [0.1, 0.15) is 31.8 Å². The molecule has 17 heavy (non-hydrogen) atoms. The minimum atomic E-state index is 0.664. The summed E-state index contributed by atoms with van der Waals surface area (Å²) in [6, 6.07) is 0. The van der Waals surface area contributed by atoms with E-state index in [1.165, 1.54) is 0 Å². The zero-order valence-electron chi connectivity index (χ0n) is 10.7. The van der Waals surface area contributed by atoms with Crippen LogP contribution in [0, 0.1) is 3.57 Å². The fraction of sp³-hybridized carbons (Fsp3) is 0.667. The van der Waals surface area contributed by atoms with E-state index in [-0.39, 0.29) is 0 Å². The molecule has 96 valence electrons. The molecular weight excluding hydrogens is 329 g/mol. The number of methoxy groups -OCH3 is 1. The van der Waals surface area contributed by atoms with Gasteiger partial charge in [-0.05, 0) is 35.9 Å². The van der Waals surface area contributed by atoms with E-state index in [9.17, 15) is 0 Å². The van der Waals surface area contributed by atoms with Crippen molar-refractivity contribution in [2.24, 2.45) is 0 Å². The molecule has 0 unspecified atom stereocenters. The first-order valence-corrected chi connectivity index (χ1v) is 7.08. The van der Waals surface area contributed by atoms with Crippen LogP contribution < -0.4 is 5.32 Å². The molecule has 0 aliphatic carbocycles. The quantitative estimate of drug-likeness (QED) is 0.769. The van der Waals surface area contributed by atoms with Crippen LogP contribution in [0.2, 0.25) is 0 Å². The molecule has 0 saturated heterocycles. The van der Waals surface area contributed by atoms with Crippen LogP contribution >= 0.6 is 22.6 Å². The molecule has 0 fully saturated rings. The number of halogens is 1. The van der Waals surface area contributed by atoms with Crippen LogP contribution in [0.15, 0.2) is 0 Å². The monoisotopic (exact) mass is 349 g/mol. The average Bonchev–Trinajstić information content (AvgIpc) is 2.32. The molecule has 0 saturated carbocycles. The second-order valence-corrected chi connectivity index (χ2v) is 4.85. The van der Waals surface area contributed by atoms with Gasteiger partial charge in [0.2, 0.25) is 0 Å². The molecule has 0 aliphatic heterocycles. The molecule has 0 atom stereocenters. The van der Waals surface area contributed by atoms with Crippen LogP contribution in [0.25, 0.3) is 0 Å². The first kappa shape index (κ1) is 14.6. The van der Waals surface area contributed by atoms with Gasteiger partial charge in [0.1, 0.15) is 11.6 Å². The molecule has 1 aromatic rings. The summed E-state index contributed by atoms with van der Waals surface area (Å²) in [6.45, 7) is 5.78. The van der Waals surface area contributed by atoms with Gasteiger partial charge in [0.05, 0.1) is 15.9 Å². The molecule has 1 heterocycles. The summed E-state index contributed by atoms with van der Waals surface area (Å²) in [4.78, 5) is 9.14. The second-order valence-electron chi connectivity index (χ2n) is 3.77. The van der Waals surface area contributed by atoms with Crippen molar-refractivity contribution in [3.63, 3.8) is 0 Å². The van der Waals surface area contributed by atoms with Crippen molar-refractivity contribution in [2.75, 3.05) is 25.6 Å². The third-order valence-electron chi connectivity index (χ3n) is 2.33. The van der Waals surface area contributed by atoms with Crippen molar-refractivity contribution in [1.82, 2.24) is 9.97 Å². The number of nitrogens with one attached hydrogen (secondary N) is 1. The summed E-state index contributed by atoms with van der Waals surface area (Å²) >= 11 is 2.32. The predicted octanol–water partition coefficient (Wildman–Crippen LogP) is 2.65. The standard InChI is InChI=1S/C12H20IN3O/c1-4-6-9-11(13)12(14-5-2)16-10(15-9)7-8-17-3/h4-8H2,1-3H3,(H,14,15,16). The molecule has 0 aliphatic rings. The summed E-state index contributed by atoms with van der Waals surface area (Å²) in [5.41, 5.74) is 1.14. The lowest BCUT2D eigenvalue weighted by molar-refractivity contribution is 0.200. The van der Waals surface area contributed by atoms with Gasteiger partial charge in [-0.2, -0.15) is 0 Å². The van der Waals surface area contributed by atoms with E-state index in [2.05, 4.69) is 51.7 Å². The third-order valence-corrected chi connectivity index (χ3v) is 3.46. The van der Waals surface area contributed by atoms with E-state index < -0.39 is 0 Å². The Kier molecular flexibility index (Phi) is 6.72. The molecular formula is C12H20IN3O. The van der Waals surface area contributed by atoms with Crippen LogP contribution in [-0.4, -0.2) is 30.2 Å². The Balaban J connectivity index is 2.98. The van der Waals surface area contributed by atoms with E-state index >= 15 is 0 Å². The third kappa shape index (κ3) is 4.39. The Morgan fingerprint density at radius 1 is 1.24 bits per heavy atom. The number of rotatable bonds is 7. The fourth-order valence-electron chi connectivity index (χ4n) is 1.54. The van der Waals surface area contributed by atoms with Crippen molar-refractivity contribution in [2.45, 2.75) is 33.1 Å². The topological polar surface area (TPSA) is 47.0 Å². The maximum atomic E-state index is 5.07. The normalized spacial score (nSPS) is 10.6. The highest BCUT2D eigenvalue weighted by molar-refractivity contribution is 14.1. The van der Waals surface area contributed by atoms with Crippen molar-refractivity contribution in [3.8, 4) is 0 Å². The first-order valence-electron chi connectivity index (χ1n) is 6.01. The molecule has 0 aromatic carbocycles. The molecule has 0 spiro atoms. The summed E-state index contributed by atoms with van der Waals surface area (Å²) < 4.78 is 6.22. The average molecular weight is 349 g/mol. The van der Waals surface area contributed by atoms with Gasteiger partial charge in [-0.25, -0.2) is 9.97 Å². The van der Waals surface area contributed by atoms with Crippen LogP contribution in [0.4, 0.5) is 5.82 Å². The summed E-state index contributed by atoms with van der Waals surface area (Å²) in [5, 5.41) is 3.29. The maximum Gasteiger partial charge on any atom is 0.143 e. The number of aryl methyl sites for hydroxylation is 1. The highest BCUT2D eigenvalue weighted by Gasteiger charge is 2.10. The van der Waals surface area contributed by atoms with Crippen molar-refractivity contribution in [1.29, 1.82) is 0 Å². The van der Waals surface area contributed by atoms with E-state index in [1.807, 2.05) is 0 Å². The van der Waals surface area contributed by atoms with Crippen LogP contribution in [0.3, 0.4) is 0 Å². The highest BCUT2D eigenvalue weighted by Crippen LogP contribution is 2.20. The number of nitrogens with zero attached hydrogens (tertiary/aromatic N) is 2. The summed E-state index contributed by atoms with van der Waals surface area (Å²) in [5.74, 6) is 1.82. The predicted molar refractivity (Wildman–Crippen MR) is 78.5 cm³/mol. The van der Waals surface area contributed by atoms with Crippen LogP contribution in [0.5, 0.6) is 0 Å². The minimum absolute atomic E-state index is 0.664. The van der Waals surface area contributed by atoms with E-state index in [4.69, 9.17) is 4.74 Å². The van der Waals surface area contributed by atoms with E-state index in [0.29, 0.717) is 6.61 Å².